The molecule has 1 unspecified atom stereocenters. The van der Waals surface area contributed by atoms with E-state index in [4.69, 9.17) is 9.84 Å². The Bertz CT molecular complexity index is 396. The summed E-state index contributed by atoms with van der Waals surface area (Å²) in [6.45, 7) is 1.64. The molecule has 18 heavy (non-hydrogen) atoms. The fraction of sp³-hybridized carbons (Fsp3) is 0.500. The molecule has 1 heterocycles. The predicted octanol–water partition coefficient (Wildman–Crippen LogP) is 1.93. The average Bonchev–Trinajstić information content (AvgIpc) is 2.41. The molecule has 0 bridgehead atoms. The molecule has 0 saturated carbocycles. The third-order valence-electron chi connectivity index (χ3n) is 3.50. The van der Waals surface area contributed by atoms with Gasteiger partial charge in [-0.1, -0.05) is 24.3 Å². The molecule has 1 atom stereocenters. The van der Waals surface area contributed by atoms with Crippen LogP contribution in [-0.2, 0) is 9.53 Å². The maximum Gasteiger partial charge on any atom is 0.325 e. The normalized spacial score (nSPS) is 18.5. The van der Waals surface area contributed by atoms with Crippen molar-refractivity contribution in [2.75, 3.05) is 20.3 Å². The maximum atomic E-state index is 11.0. The van der Waals surface area contributed by atoms with Crippen LogP contribution in [0.4, 0.5) is 0 Å². The first-order chi connectivity index (χ1) is 8.72. The molecule has 0 aromatic heterocycles. The molecule has 1 aliphatic heterocycles. The van der Waals surface area contributed by atoms with Gasteiger partial charge in [-0.25, -0.2) is 0 Å². The molecule has 0 spiro atoms. The zero-order valence-corrected chi connectivity index (χ0v) is 10.6. The molecule has 4 heteroatoms. The summed E-state index contributed by atoms with van der Waals surface area (Å²) in [6.07, 6.45) is 2.10. The van der Waals surface area contributed by atoms with Crippen LogP contribution in [0.5, 0.6) is 0 Å². The first-order valence-electron chi connectivity index (χ1n) is 6.30. The van der Waals surface area contributed by atoms with Gasteiger partial charge >= 0.3 is 5.97 Å². The molecule has 1 aromatic carbocycles. The third-order valence-corrected chi connectivity index (χ3v) is 3.50. The highest BCUT2D eigenvalue weighted by atomic mass is 16.5. The van der Waals surface area contributed by atoms with E-state index in [1.807, 2.05) is 24.3 Å². The van der Waals surface area contributed by atoms with E-state index in [1.165, 1.54) is 5.56 Å². The minimum absolute atomic E-state index is 0.547. The van der Waals surface area contributed by atoms with Gasteiger partial charge in [-0.2, -0.15) is 0 Å². The summed E-state index contributed by atoms with van der Waals surface area (Å²) in [6, 6.07) is 7.26. The van der Waals surface area contributed by atoms with Gasteiger partial charge in [-0.3, -0.25) is 4.79 Å². The first-order valence-corrected chi connectivity index (χ1v) is 6.30. The zero-order chi connectivity index (χ0) is 13.0. The van der Waals surface area contributed by atoms with E-state index in [9.17, 15) is 4.79 Å². The molecule has 1 fully saturated rings. The number of benzene rings is 1. The lowest BCUT2D eigenvalue weighted by Gasteiger charge is -2.22. The summed E-state index contributed by atoms with van der Waals surface area (Å²) in [5, 5.41) is 11.9. The van der Waals surface area contributed by atoms with Gasteiger partial charge in [0.15, 0.2) is 0 Å². The van der Waals surface area contributed by atoms with E-state index in [0.29, 0.717) is 5.92 Å². The highest BCUT2D eigenvalue weighted by Gasteiger charge is 2.19. The fourth-order valence-corrected chi connectivity index (χ4v) is 2.42. The minimum atomic E-state index is -0.851. The van der Waals surface area contributed by atoms with Crippen LogP contribution in [0.2, 0.25) is 0 Å². The number of aliphatic carboxylic acids is 1. The standard InChI is InChI=1S/C14H19NO3/c1-15-13(14(16)17)12-4-2-10(3-5-12)11-6-8-18-9-7-11/h2-5,11,13,15H,6-9H2,1H3,(H,16,17). The molecule has 2 rings (SSSR count). The molecule has 0 aliphatic carbocycles. The number of hydrogen-bond acceptors (Lipinski definition) is 3. The van der Waals surface area contributed by atoms with Gasteiger partial charge < -0.3 is 15.2 Å². The molecule has 98 valence electrons. The second-order valence-electron chi connectivity index (χ2n) is 4.61. The van der Waals surface area contributed by atoms with E-state index in [1.54, 1.807) is 7.05 Å². The summed E-state index contributed by atoms with van der Waals surface area (Å²) in [7, 11) is 1.66. The van der Waals surface area contributed by atoms with Gasteiger partial charge in [-0.05, 0) is 36.9 Å². The van der Waals surface area contributed by atoms with Crippen LogP contribution >= 0.6 is 0 Å². The number of ether oxygens (including phenoxy) is 1. The monoisotopic (exact) mass is 249 g/mol. The van der Waals surface area contributed by atoms with Crippen molar-refractivity contribution in [3.63, 3.8) is 0 Å². The van der Waals surface area contributed by atoms with Crippen molar-refractivity contribution in [2.24, 2.45) is 0 Å². The van der Waals surface area contributed by atoms with Crippen LogP contribution in [0, 0.1) is 0 Å². The summed E-state index contributed by atoms with van der Waals surface area (Å²) in [5.74, 6) is -0.304. The van der Waals surface area contributed by atoms with E-state index in [2.05, 4.69) is 5.32 Å². The van der Waals surface area contributed by atoms with E-state index < -0.39 is 12.0 Å². The van der Waals surface area contributed by atoms with Crippen LogP contribution in [0.1, 0.15) is 35.9 Å². The molecular weight excluding hydrogens is 230 g/mol. The van der Waals surface area contributed by atoms with Crippen LogP contribution < -0.4 is 5.32 Å². The maximum absolute atomic E-state index is 11.0. The van der Waals surface area contributed by atoms with E-state index in [-0.39, 0.29) is 0 Å². The van der Waals surface area contributed by atoms with E-state index in [0.717, 1.165) is 31.6 Å². The Balaban J connectivity index is 2.11. The van der Waals surface area contributed by atoms with Crippen molar-refractivity contribution in [1.82, 2.24) is 5.32 Å². The Morgan fingerprint density at radius 1 is 1.33 bits per heavy atom. The molecule has 0 radical (unpaired) electrons. The van der Waals surface area contributed by atoms with Gasteiger partial charge in [0.25, 0.3) is 0 Å². The second-order valence-corrected chi connectivity index (χ2v) is 4.61. The number of carboxylic acids is 1. The van der Waals surface area contributed by atoms with Gasteiger partial charge in [0.1, 0.15) is 6.04 Å². The van der Waals surface area contributed by atoms with Crippen molar-refractivity contribution in [2.45, 2.75) is 24.8 Å². The fourth-order valence-electron chi connectivity index (χ4n) is 2.42. The van der Waals surface area contributed by atoms with Crippen molar-refractivity contribution < 1.29 is 14.6 Å². The summed E-state index contributed by atoms with van der Waals surface area (Å²) in [5.41, 5.74) is 2.07. The number of rotatable bonds is 4. The number of carbonyl (C=O) groups is 1. The van der Waals surface area contributed by atoms with Crippen LogP contribution in [-0.4, -0.2) is 31.3 Å². The molecule has 1 aliphatic rings. The Labute approximate surface area is 107 Å². The lowest BCUT2D eigenvalue weighted by Crippen LogP contribution is -2.24. The predicted molar refractivity (Wildman–Crippen MR) is 68.7 cm³/mol. The van der Waals surface area contributed by atoms with E-state index >= 15 is 0 Å². The van der Waals surface area contributed by atoms with Crippen molar-refractivity contribution >= 4 is 5.97 Å². The topological polar surface area (TPSA) is 58.6 Å². The number of likely N-dealkylation sites (N-methyl/N-ethyl adjacent to an activating group) is 1. The zero-order valence-electron chi connectivity index (χ0n) is 10.6. The van der Waals surface area contributed by atoms with Gasteiger partial charge in [0, 0.05) is 13.2 Å². The molecule has 2 N–H and O–H groups in total. The van der Waals surface area contributed by atoms with Gasteiger partial charge in [0.05, 0.1) is 0 Å². The minimum Gasteiger partial charge on any atom is -0.480 e. The Morgan fingerprint density at radius 3 is 2.44 bits per heavy atom. The Hall–Kier alpha value is -1.39. The lowest BCUT2D eigenvalue weighted by molar-refractivity contribution is -0.139. The van der Waals surface area contributed by atoms with Gasteiger partial charge in [-0.15, -0.1) is 0 Å². The molecule has 1 saturated heterocycles. The first kappa shape index (κ1) is 13.1. The molecule has 1 aromatic rings. The Kier molecular flexibility index (Phi) is 4.33. The van der Waals surface area contributed by atoms with Crippen LogP contribution in [0.15, 0.2) is 24.3 Å². The molecule has 0 amide bonds. The number of hydrogen-bond donors (Lipinski definition) is 2. The highest BCUT2D eigenvalue weighted by molar-refractivity contribution is 5.75. The number of nitrogens with one attached hydrogen (secondary N) is 1. The largest absolute Gasteiger partial charge is 0.480 e. The second kappa shape index (κ2) is 5.98. The van der Waals surface area contributed by atoms with Crippen LogP contribution in [0.25, 0.3) is 0 Å². The lowest BCUT2D eigenvalue weighted by atomic mass is 9.90. The average molecular weight is 249 g/mol. The third kappa shape index (κ3) is 2.89. The Morgan fingerprint density at radius 2 is 1.94 bits per heavy atom. The van der Waals surface area contributed by atoms with Crippen molar-refractivity contribution in [3.05, 3.63) is 35.4 Å². The summed E-state index contributed by atoms with van der Waals surface area (Å²) >= 11 is 0. The molecular formula is C14H19NO3. The highest BCUT2D eigenvalue weighted by Crippen LogP contribution is 2.27. The SMILES string of the molecule is CNC(C(=O)O)c1ccc(C2CCOCC2)cc1. The molecule has 4 nitrogen and oxygen atoms in total. The number of carboxylic acid groups (broad SMARTS) is 1. The summed E-state index contributed by atoms with van der Waals surface area (Å²) in [4.78, 5) is 11.0. The van der Waals surface area contributed by atoms with Crippen molar-refractivity contribution in [3.8, 4) is 0 Å². The smallest absolute Gasteiger partial charge is 0.325 e. The van der Waals surface area contributed by atoms with Gasteiger partial charge in [0.2, 0.25) is 0 Å². The van der Waals surface area contributed by atoms with Crippen molar-refractivity contribution in [1.29, 1.82) is 0 Å². The summed E-state index contributed by atoms with van der Waals surface area (Å²) < 4.78 is 5.34. The quantitative estimate of drug-likeness (QED) is 0.856. The van der Waals surface area contributed by atoms with Crippen LogP contribution in [0.3, 0.4) is 0 Å².